The molecule has 3 aliphatic carbocycles. The number of fused-ring (bicyclic) bond motifs is 3. The topological polar surface area (TPSA) is 37.3 Å². The summed E-state index contributed by atoms with van der Waals surface area (Å²) in [5.41, 5.74) is 2.82. The summed E-state index contributed by atoms with van der Waals surface area (Å²) < 4.78 is 0. The van der Waals surface area contributed by atoms with Gasteiger partial charge in [-0.15, -0.1) is 0 Å². The first-order chi connectivity index (χ1) is 11.2. The lowest BCUT2D eigenvalue weighted by molar-refractivity contribution is -0.116. The van der Waals surface area contributed by atoms with Crippen molar-refractivity contribution >= 4 is 5.78 Å². The molecule has 0 aromatic heterocycles. The molecule has 0 aromatic carbocycles. The Balaban J connectivity index is 1.93. The minimum Gasteiger partial charge on any atom is -0.393 e. The molecule has 2 saturated carbocycles. The van der Waals surface area contributed by atoms with Crippen LogP contribution in [0.25, 0.3) is 0 Å². The maximum Gasteiger partial charge on any atom is 0.156 e. The van der Waals surface area contributed by atoms with Crippen LogP contribution in [0.15, 0.2) is 23.3 Å². The molecule has 6 unspecified atom stereocenters. The highest BCUT2D eigenvalue weighted by atomic mass is 16.3. The third-order valence-electron chi connectivity index (χ3n) is 8.06. The van der Waals surface area contributed by atoms with E-state index < -0.39 is 0 Å². The highest BCUT2D eigenvalue weighted by Gasteiger charge is 2.54. The fourth-order valence-corrected chi connectivity index (χ4v) is 6.43. The van der Waals surface area contributed by atoms with Crippen LogP contribution in [0.1, 0.15) is 73.1 Å². The first kappa shape index (κ1) is 17.9. The summed E-state index contributed by atoms with van der Waals surface area (Å²) in [7, 11) is 0. The third kappa shape index (κ3) is 2.53. The van der Waals surface area contributed by atoms with Crippen LogP contribution < -0.4 is 0 Å². The lowest BCUT2D eigenvalue weighted by atomic mass is 9.46. The van der Waals surface area contributed by atoms with E-state index in [2.05, 4.69) is 32.9 Å². The van der Waals surface area contributed by atoms with E-state index in [1.807, 2.05) is 6.92 Å². The SMILES string of the molecule is CC=C(C(C)=O)C1(C)CCC2C(CC=C3CC(O)CCC32C)C1C. The van der Waals surface area contributed by atoms with Crippen LogP contribution in [0.3, 0.4) is 0 Å². The van der Waals surface area contributed by atoms with E-state index in [1.54, 1.807) is 6.92 Å². The van der Waals surface area contributed by atoms with E-state index in [1.165, 1.54) is 12.0 Å². The van der Waals surface area contributed by atoms with Crippen LogP contribution in [0.2, 0.25) is 0 Å². The summed E-state index contributed by atoms with van der Waals surface area (Å²) in [6, 6.07) is 0. The Hall–Kier alpha value is -0.890. The van der Waals surface area contributed by atoms with Gasteiger partial charge in [0.25, 0.3) is 0 Å². The minimum absolute atomic E-state index is 0.0115. The summed E-state index contributed by atoms with van der Waals surface area (Å²) in [5.74, 6) is 2.12. The summed E-state index contributed by atoms with van der Waals surface area (Å²) in [4.78, 5) is 12.2. The number of ketones is 1. The molecule has 6 atom stereocenters. The van der Waals surface area contributed by atoms with Crippen LogP contribution in [0.4, 0.5) is 0 Å². The fraction of sp³-hybridized carbons (Fsp3) is 0.773. The molecule has 0 heterocycles. The second-order valence-corrected chi connectivity index (χ2v) is 9.05. The Kier molecular flexibility index (Phi) is 4.57. The van der Waals surface area contributed by atoms with Gasteiger partial charge in [-0.2, -0.15) is 0 Å². The first-order valence-corrected chi connectivity index (χ1v) is 9.79. The number of carbonyl (C=O) groups is 1. The van der Waals surface area contributed by atoms with Crippen molar-refractivity contribution in [2.24, 2.45) is 28.6 Å². The Labute approximate surface area is 147 Å². The third-order valence-corrected chi connectivity index (χ3v) is 8.06. The Bertz CT molecular complexity index is 587. The van der Waals surface area contributed by atoms with Crippen LogP contribution >= 0.6 is 0 Å². The lowest BCUT2D eigenvalue weighted by Gasteiger charge is -2.58. The summed E-state index contributed by atoms with van der Waals surface area (Å²) in [5, 5.41) is 10.1. The smallest absolute Gasteiger partial charge is 0.156 e. The molecule has 0 radical (unpaired) electrons. The molecule has 0 spiro atoms. The molecule has 0 bridgehead atoms. The van der Waals surface area contributed by atoms with E-state index in [9.17, 15) is 9.90 Å². The van der Waals surface area contributed by atoms with E-state index in [-0.39, 0.29) is 22.7 Å². The normalized spacial score (nSPS) is 45.9. The van der Waals surface area contributed by atoms with Gasteiger partial charge in [-0.1, -0.05) is 38.5 Å². The van der Waals surface area contributed by atoms with Crippen LogP contribution in [-0.2, 0) is 4.79 Å². The number of aliphatic hydroxyl groups excluding tert-OH is 1. The van der Waals surface area contributed by atoms with Gasteiger partial charge in [0.1, 0.15) is 0 Å². The van der Waals surface area contributed by atoms with E-state index in [0.29, 0.717) is 17.8 Å². The predicted octanol–water partition coefficient (Wildman–Crippen LogP) is 5.07. The maximum absolute atomic E-state index is 12.2. The van der Waals surface area contributed by atoms with Gasteiger partial charge < -0.3 is 5.11 Å². The molecule has 2 heteroatoms. The molecule has 3 aliphatic rings. The van der Waals surface area contributed by atoms with Gasteiger partial charge >= 0.3 is 0 Å². The van der Waals surface area contributed by atoms with Gasteiger partial charge in [0.2, 0.25) is 0 Å². The van der Waals surface area contributed by atoms with Gasteiger partial charge in [-0.3, -0.25) is 4.79 Å². The highest BCUT2D eigenvalue weighted by molar-refractivity contribution is 5.94. The molecule has 0 amide bonds. The second-order valence-electron chi connectivity index (χ2n) is 9.05. The summed E-state index contributed by atoms with van der Waals surface area (Å²) in [6.07, 6.45) is 10.7. The van der Waals surface area contributed by atoms with Gasteiger partial charge in [0.05, 0.1) is 6.10 Å². The van der Waals surface area contributed by atoms with Gasteiger partial charge in [-0.25, -0.2) is 0 Å². The molecule has 2 fully saturated rings. The molecular formula is C22H34O2. The Morgan fingerprint density at radius 1 is 1.29 bits per heavy atom. The first-order valence-electron chi connectivity index (χ1n) is 9.79. The van der Waals surface area contributed by atoms with Crippen molar-refractivity contribution in [1.29, 1.82) is 0 Å². The van der Waals surface area contributed by atoms with Crippen LogP contribution in [0.5, 0.6) is 0 Å². The quantitative estimate of drug-likeness (QED) is 0.567. The molecule has 3 rings (SSSR count). The van der Waals surface area contributed by atoms with Crippen molar-refractivity contribution in [3.05, 3.63) is 23.3 Å². The van der Waals surface area contributed by atoms with Crippen LogP contribution in [-0.4, -0.2) is 17.0 Å². The molecule has 134 valence electrons. The number of carbonyl (C=O) groups excluding carboxylic acids is 1. The second kappa shape index (κ2) is 6.12. The predicted molar refractivity (Wildman–Crippen MR) is 98.6 cm³/mol. The maximum atomic E-state index is 12.2. The lowest BCUT2D eigenvalue weighted by Crippen LogP contribution is -2.50. The number of hydrogen-bond acceptors (Lipinski definition) is 2. The molecular weight excluding hydrogens is 296 g/mol. The Morgan fingerprint density at radius 2 is 2.00 bits per heavy atom. The van der Waals surface area contributed by atoms with E-state index in [0.717, 1.165) is 37.7 Å². The largest absolute Gasteiger partial charge is 0.393 e. The number of allylic oxidation sites excluding steroid dienone is 3. The molecule has 2 nitrogen and oxygen atoms in total. The standard InChI is InChI=1S/C22H34O2/c1-6-19(15(3)23)21(4)12-10-20-18(14(21)2)8-7-16-13-17(24)9-11-22(16,20)5/h6-7,14,17-18,20,24H,8-13H2,1-5H3. The van der Waals surface area contributed by atoms with Gasteiger partial charge in [0.15, 0.2) is 5.78 Å². The molecule has 0 saturated heterocycles. The van der Waals surface area contributed by atoms with Crippen molar-refractivity contribution in [3.8, 4) is 0 Å². The van der Waals surface area contributed by atoms with Crippen molar-refractivity contribution in [1.82, 2.24) is 0 Å². The van der Waals surface area contributed by atoms with Crippen molar-refractivity contribution in [3.63, 3.8) is 0 Å². The average Bonchev–Trinajstić information content (AvgIpc) is 2.52. The van der Waals surface area contributed by atoms with Gasteiger partial charge in [0, 0.05) is 0 Å². The van der Waals surface area contributed by atoms with Crippen molar-refractivity contribution < 1.29 is 9.90 Å². The summed E-state index contributed by atoms with van der Waals surface area (Å²) >= 11 is 0. The number of hydrogen-bond donors (Lipinski definition) is 1. The minimum atomic E-state index is -0.139. The molecule has 1 N–H and O–H groups in total. The molecule has 0 aromatic rings. The average molecular weight is 331 g/mol. The zero-order valence-electron chi connectivity index (χ0n) is 16.1. The van der Waals surface area contributed by atoms with Crippen LogP contribution in [0, 0.1) is 28.6 Å². The summed E-state index contributed by atoms with van der Waals surface area (Å²) in [6.45, 7) is 10.9. The van der Waals surface area contributed by atoms with Crippen molar-refractivity contribution in [2.45, 2.75) is 79.2 Å². The molecule has 0 aliphatic heterocycles. The number of aliphatic hydroxyl groups is 1. The fourth-order valence-electron chi connectivity index (χ4n) is 6.43. The zero-order chi connectivity index (χ0) is 17.7. The van der Waals surface area contributed by atoms with E-state index >= 15 is 0 Å². The zero-order valence-corrected chi connectivity index (χ0v) is 16.1. The number of Topliss-reactive ketones (excluding diaryl/α,β-unsaturated/α-hetero) is 1. The highest BCUT2D eigenvalue weighted by Crippen LogP contribution is 2.62. The molecule has 24 heavy (non-hydrogen) atoms. The monoisotopic (exact) mass is 330 g/mol. The number of rotatable bonds is 2. The van der Waals surface area contributed by atoms with Gasteiger partial charge in [-0.05, 0) is 86.5 Å². The van der Waals surface area contributed by atoms with Crippen molar-refractivity contribution in [2.75, 3.05) is 0 Å². The Morgan fingerprint density at radius 3 is 2.62 bits per heavy atom. The van der Waals surface area contributed by atoms with E-state index in [4.69, 9.17) is 0 Å².